The van der Waals surface area contributed by atoms with Crippen LogP contribution >= 0.6 is 0 Å². The van der Waals surface area contributed by atoms with E-state index in [1.54, 1.807) is 23.4 Å². The zero-order valence-electron chi connectivity index (χ0n) is 18.0. The van der Waals surface area contributed by atoms with Gasteiger partial charge in [0, 0.05) is 45.2 Å². The fourth-order valence-electron chi connectivity index (χ4n) is 3.83. The number of aromatic nitrogens is 2. The minimum atomic E-state index is -3.44. The van der Waals surface area contributed by atoms with Gasteiger partial charge in [0.15, 0.2) is 0 Å². The normalized spacial score (nSPS) is 15.9. The molecule has 0 amide bonds. The number of hydrogen-bond donors (Lipinski definition) is 0. The Hall–Kier alpha value is -2.55. The van der Waals surface area contributed by atoms with Crippen LogP contribution in [-0.4, -0.2) is 53.9 Å². The van der Waals surface area contributed by atoms with Crippen LogP contribution in [0.1, 0.15) is 30.4 Å². The van der Waals surface area contributed by atoms with Crippen LogP contribution in [0.5, 0.6) is 0 Å². The molecule has 0 spiro atoms. The van der Waals surface area contributed by atoms with Gasteiger partial charge in [-0.1, -0.05) is 54.9 Å². The molecule has 0 radical (unpaired) electrons. The molecule has 0 aliphatic carbocycles. The molecule has 164 valence electrons. The average Bonchev–Trinajstić information content (AvgIpc) is 3.22. The van der Waals surface area contributed by atoms with Gasteiger partial charge in [0.2, 0.25) is 21.7 Å². The Balaban J connectivity index is 1.34. The maximum Gasteiger partial charge on any atom is 0.243 e. The summed E-state index contributed by atoms with van der Waals surface area (Å²) in [5.41, 5.74) is 3.26. The molecule has 0 N–H and O–H groups in total. The molecule has 0 unspecified atom stereocenters. The molecule has 2 heterocycles. The molecule has 31 heavy (non-hydrogen) atoms. The minimum absolute atomic E-state index is 0.382. The third-order valence-electron chi connectivity index (χ3n) is 5.58. The maximum absolute atomic E-state index is 13.0. The number of hydrogen-bond acceptors (Lipinski definition) is 6. The van der Waals surface area contributed by atoms with Gasteiger partial charge in [-0.3, -0.25) is 4.90 Å². The first-order valence-corrected chi connectivity index (χ1v) is 12.1. The summed E-state index contributed by atoms with van der Waals surface area (Å²) in [5.74, 6) is 1.13. The first-order valence-electron chi connectivity index (χ1n) is 10.7. The Kier molecular flexibility index (Phi) is 6.50. The summed E-state index contributed by atoms with van der Waals surface area (Å²) in [6, 6.07) is 15.4. The summed E-state index contributed by atoms with van der Waals surface area (Å²) in [6.07, 6.45) is 2.02. The fourth-order valence-corrected chi connectivity index (χ4v) is 5.25. The molecule has 1 aromatic heterocycles. The van der Waals surface area contributed by atoms with Crippen LogP contribution < -0.4 is 0 Å². The van der Waals surface area contributed by atoms with Gasteiger partial charge >= 0.3 is 0 Å². The van der Waals surface area contributed by atoms with Gasteiger partial charge in [-0.15, -0.1) is 0 Å². The SMILES string of the molecule is CCCc1ccc(S(=O)(=O)N2CCN(Cc3ccc(-c4noc(C)n4)cc3)CC2)cc1. The number of nitrogens with zero attached hydrogens (tertiary/aromatic N) is 4. The topological polar surface area (TPSA) is 79.5 Å². The van der Waals surface area contributed by atoms with E-state index in [0.29, 0.717) is 42.8 Å². The lowest BCUT2D eigenvalue weighted by atomic mass is 10.1. The second-order valence-electron chi connectivity index (χ2n) is 7.91. The van der Waals surface area contributed by atoms with Crippen molar-refractivity contribution in [3.05, 3.63) is 65.5 Å². The van der Waals surface area contributed by atoms with Crippen molar-refractivity contribution in [3.63, 3.8) is 0 Å². The quantitative estimate of drug-likeness (QED) is 0.559. The summed E-state index contributed by atoms with van der Waals surface area (Å²) < 4.78 is 32.6. The molecule has 7 nitrogen and oxygen atoms in total. The fraction of sp³-hybridized carbons (Fsp3) is 0.391. The second-order valence-corrected chi connectivity index (χ2v) is 9.85. The molecule has 0 saturated carbocycles. The Bertz CT molecular complexity index is 1100. The van der Waals surface area contributed by atoms with Crippen molar-refractivity contribution >= 4 is 10.0 Å². The molecule has 1 aliphatic rings. The van der Waals surface area contributed by atoms with Crippen molar-refractivity contribution in [2.24, 2.45) is 0 Å². The smallest absolute Gasteiger partial charge is 0.243 e. The van der Waals surface area contributed by atoms with E-state index in [1.165, 1.54) is 11.1 Å². The predicted octanol–water partition coefficient (Wildman–Crippen LogP) is 3.50. The number of piperazine rings is 1. The van der Waals surface area contributed by atoms with E-state index in [2.05, 4.69) is 34.1 Å². The van der Waals surface area contributed by atoms with Crippen LogP contribution in [0.4, 0.5) is 0 Å². The van der Waals surface area contributed by atoms with E-state index in [4.69, 9.17) is 4.52 Å². The zero-order chi connectivity index (χ0) is 21.8. The molecule has 1 fully saturated rings. The lowest BCUT2D eigenvalue weighted by Crippen LogP contribution is -2.48. The summed E-state index contributed by atoms with van der Waals surface area (Å²) in [4.78, 5) is 6.91. The lowest BCUT2D eigenvalue weighted by Gasteiger charge is -2.34. The average molecular weight is 441 g/mol. The van der Waals surface area contributed by atoms with E-state index in [1.807, 2.05) is 24.3 Å². The van der Waals surface area contributed by atoms with Gasteiger partial charge in [-0.2, -0.15) is 9.29 Å². The van der Waals surface area contributed by atoms with Crippen LogP contribution in [0.15, 0.2) is 57.9 Å². The van der Waals surface area contributed by atoms with E-state index >= 15 is 0 Å². The standard InChI is InChI=1S/C23H28N4O3S/c1-3-4-19-7-11-22(12-8-19)31(28,29)27-15-13-26(14-16-27)17-20-5-9-21(10-6-20)23-24-18(2)30-25-23/h5-12H,3-4,13-17H2,1-2H3. The third-order valence-corrected chi connectivity index (χ3v) is 7.49. The first kappa shape index (κ1) is 21.7. The second kappa shape index (κ2) is 9.30. The number of sulfonamides is 1. The Labute approximate surface area is 183 Å². The molecule has 0 atom stereocenters. The monoisotopic (exact) mass is 440 g/mol. The van der Waals surface area contributed by atoms with Crippen molar-refractivity contribution in [2.75, 3.05) is 26.2 Å². The summed E-state index contributed by atoms with van der Waals surface area (Å²) in [7, 11) is -3.44. The lowest BCUT2D eigenvalue weighted by molar-refractivity contribution is 0.181. The number of aryl methyl sites for hydroxylation is 2. The van der Waals surface area contributed by atoms with Gasteiger partial charge in [0.25, 0.3) is 0 Å². The van der Waals surface area contributed by atoms with Gasteiger partial charge in [-0.25, -0.2) is 8.42 Å². The molecule has 2 aromatic carbocycles. The van der Waals surface area contributed by atoms with Crippen molar-refractivity contribution in [2.45, 2.75) is 38.1 Å². The van der Waals surface area contributed by atoms with Crippen molar-refractivity contribution in [1.82, 2.24) is 19.3 Å². The minimum Gasteiger partial charge on any atom is -0.339 e. The number of benzene rings is 2. The molecule has 0 bridgehead atoms. The van der Waals surface area contributed by atoms with Gasteiger partial charge in [0.1, 0.15) is 0 Å². The van der Waals surface area contributed by atoms with Gasteiger partial charge in [0.05, 0.1) is 4.90 Å². The van der Waals surface area contributed by atoms with E-state index in [9.17, 15) is 8.42 Å². The van der Waals surface area contributed by atoms with Crippen LogP contribution in [0.25, 0.3) is 11.4 Å². The Morgan fingerprint density at radius 1 is 0.935 bits per heavy atom. The largest absolute Gasteiger partial charge is 0.339 e. The molecule has 1 saturated heterocycles. The van der Waals surface area contributed by atoms with E-state index in [0.717, 1.165) is 24.9 Å². The number of rotatable bonds is 7. The van der Waals surface area contributed by atoms with Crippen LogP contribution in [-0.2, 0) is 23.0 Å². The Morgan fingerprint density at radius 3 is 2.16 bits per heavy atom. The molecule has 4 rings (SSSR count). The highest BCUT2D eigenvalue weighted by Gasteiger charge is 2.28. The maximum atomic E-state index is 13.0. The highest BCUT2D eigenvalue weighted by atomic mass is 32.2. The van der Waals surface area contributed by atoms with Crippen molar-refractivity contribution in [3.8, 4) is 11.4 Å². The molecule has 3 aromatic rings. The molecular formula is C23H28N4O3S. The van der Waals surface area contributed by atoms with Gasteiger partial charge in [-0.05, 0) is 29.7 Å². The van der Waals surface area contributed by atoms with Crippen molar-refractivity contribution in [1.29, 1.82) is 0 Å². The molecular weight excluding hydrogens is 412 g/mol. The zero-order valence-corrected chi connectivity index (χ0v) is 18.8. The summed E-state index contributed by atoms with van der Waals surface area (Å²) in [6.45, 7) is 7.08. The van der Waals surface area contributed by atoms with Crippen LogP contribution in [0.3, 0.4) is 0 Å². The van der Waals surface area contributed by atoms with Gasteiger partial charge < -0.3 is 4.52 Å². The Morgan fingerprint density at radius 2 is 1.58 bits per heavy atom. The summed E-state index contributed by atoms with van der Waals surface area (Å²) in [5, 5.41) is 3.94. The predicted molar refractivity (Wildman–Crippen MR) is 119 cm³/mol. The van der Waals surface area contributed by atoms with E-state index < -0.39 is 10.0 Å². The molecule has 8 heteroatoms. The summed E-state index contributed by atoms with van der Waals surface area (Å²) >= 11 is 0. The van der Waals surface area contributed by atoms with Crippen LogP contribution in [0, 0.1) is 6.92 Å². The third kappa shape index (κ3) is 5.03. The first-order chi connectivity index (χ1) is 15.0. The van der Waals surface area contributed by atoms with Crippen LogP contribution in [0.2, 0.25) is 0 Å². The highest BCUT2D eigenvalue weighted by molar-refractivity contribution is 7.89. The highest BCUT2D eigenvalue weighted by Crippen LogP contribution is 2.21. The molecule has 1 aliphatic heterocycles. The van der Waals surface area contributed by atoms with E-state index in [-0.39, 0.29) is 0 Å². The van der Waals surface area contributed by atoms with Crippen molar-refractivity contribution < 1.29 is 12.9 Å².